The Kier molecular flexibility index (Phi) is 3.23. The highest BCUT2D eigenvalue weighted by Crippen LogP contribution is 2.14. The fraction of sp³-hybridized carbons (Fsp3) is 0.231. The van der Waals surface area contributed by atoms with Crippen molar-refractivity contribution >= 4 is 11.9 Å². The largest absolute Gasteiger partial charge is 0.462 e. The monoisotopic (exact) mass is 232 g/mol. The third-order valence-corrected chi connectivity index (χ3v) is 2.54. The van der Waals surface area contributed by atoms with Gasteiger partial charge < -0.3 is 9.47 Å². The van der Waals surface area contributed by atoms with Crippen LogP contribution in [0.25, 0.3) is 0 Å². The van der Waals surface area contributed by atoms with Gasteiger partial charge in [0.1, 0.15) is 6.26 Å². The smallest absolute Gasteiger partial charge is 0.343 e. The standard InChI is InChI=1S/C13H12O4/c1-9-4-2-3-5-11(9)13(15)17-8-10-6-7-16-12(10)14/h2-5,8H,6-7H2,1H3/b10-8-. The van der Waals surface area contributed by atoms with E-state index < -0.39 is 11.9 Å². The van der Waals surface area contributed by atoms with E-state index in [4.69, 9.17) is 9.47 Å². The third-order valence-electron chi connectivity index (χ3n) is 2.54. The molecule has 0 amide bonds. The van der Waals surface area contributed by atoms with Crippen LogP contribution in [0.5, 0.6) is 0 Å². The number of esters is 2. The van der Waals surface area contributed by atoms with Crippen molar-refractivity contribution < 1.29 is 19.1 Å². The average molecular weight is 232 g/mol. The van der Waals surface area contributed by atoms with Crippen molar-refractivity contribution in [3.8, 4) is 0 Å². The van der Waals surface area contributed by atoms with Crippen molar-refractivity contribution in [2.75, 3.05) is 6.61 Å². The Morgan fingerprint density at radius 1 is 1.41 bits per heavy atom. The van der Waals surface area contributed by atoms with Crippen molar-refractivity contribution in [3.63, 3.8) is 0 Å². The van der Waals surface area contributed by atoms with Gasteiger partial charge in [-0.2, -0.15) is 0 Å². The molecule has 0 atom stereocenters. The van der Waals surface area contributed by atoms with E-state index in [0.717, 1.165) is 5.56 Å². The molecule has 0 unspecified atom stereocenters. The van der Waals surface area contributed by atoms with Crippen molar-refractivity contribution in [2.24, 2.45) is 0 Å². The van der Waals surface area contributed by atoms with Crippen LogP contribution < -0.4 is 0 Å². The summed E-state index contributed by atoms with van der Waals surface area (Å²) in [5.41, 5.74) is 1.73. The first-order valence-electron chi connectivity index (χ1n) is 5.31. The number of hydrogen-bond donors (Lipinski definition) is 0. The molecule has 1 aromatic rings. The number of carbonyl (C=O) groups excluding carboxylic acids is 2. The molecule has 4 nitrogen and oxygen atoms in total. The van der Waals surface area contributed by atoms with Crippen LogP contribution in [0.1, 0.15) is 22.3 Å². The molecule has 0 N–H and O–H groups in total. The third kappa shape index (κ3) is 2.53. The van der Waals surface area contributed by atoms with Gasteiger partial charge in [0.25, 0.3) is 0 Å². The molecule has 2 rings (SSSR count). The summed E-state index contributed by atoms with van der Waals surface area (Å²) >= 11 is 0. The van der Waals surface area contributed by atoms with Crippen LogP contribution in [-0.4, -0.2) is 18.5 Å². The minimum Gasteiger partial charge on any atom is -0.462 e. The Morgan fingerprint density at radius 2 is 2.18 bits per heavy atom. The summed E-state index contributed by atoms with van der Waals surface area (Å²) in [7, 11) is 0. The molecule has 1 aromatic carbocycles. The summed E-state index contributed by atoms with van der Waals surface area (Å²) in [6, 6.07) is 7.12. The van der Waals surface area contributed by atoms with Crippen LogP contribution in [-0.2, 0) is 14.3 Å². The number of rotatable bonds is 2. The number of aryl methyl sites for hydroxylation is 1. The maximum Gasteiger partial charge on any atom is 0.343 e. The minimum absolute atomic E-state index is 0.354. The summed E-state index contributed by atoms with van der Waals surface area (Å²) < 4.78 is 9.69. The summed E-state index contributed by atoms with van der Waals surface area (Å²) in [5, 5.41) is 0. The highest BCUT2D eigenvalue weighted by Gasteiger charge is 2.20. The Bertz CT molecular complexity index is 488. The van der Waals surface area contributed by atoms with Crippen molar-refractivity contribution in [3.05, 3.63) is 47.2 Å². The zero-order valence-electron chi connectivity index (χ0n) is 9.43. The molecule has 0 radical (unpaired) electrons. The van der Waals surface area contributed by atoms with Crippen LogP contribution in [0.15, 0.2) is 36.1 Å². The Labute approximate surface area is 98.8 Å². The lowest BCUT2D eigenvalue weighted by Gasteiger charge is -2.02. The topological polar surface area (TPSA) is 52.6 Å². The Morgan fingerprint density at radius 3 is 2.82 bits per heavy atom. The molecular weight excluding hydrogens is 220 g/mol. The van der Waals surface area contributed by atoms with Gasteiger partial charge in [0.05, 0.1) is 17.7 Å². The maximum absolute atomic E-state index is 11.7. The number of cyclic esters (lactones) is 1. The maximum atomic E-state index is 11.7. The summed E-state index contributed by atoms with van der Waals surface area (Å²) in [4.78, 5) is 22.8. The van der Waals surface area contributed by atoms with Crippen molar-refractivity contribution in [1.29, 1.82) is 0 Å². The Hall–Kier alpha value is -2.10. The fourth-order valence-electron chi connectivity index (χ4n) is 1.55. The first-order valence-corrected chi connectivity index (χ1v) is 5.31. The normalized spacial score (nSPS) is 17.0. The predicted octanol–water partition coefficient (Wildman–Crippen LogP) is 1.98. The molecule has 1 aliphatic heterocycles. The zero-order valence-corrected chi connectivity index (χ0v) is 9.43. The molecule has 0 spiro atoms. The molecule has 1 saturated heterocycles. The number of benzene rings is 1. The lowest BCUT2D eigenvalue weighted by atomic mass is 10.1. The molecule has 88 valence electrons. The molecule has 1 aliphatic rings. The van der Waals surface area contributed by atoms with E-state index in [1.807, 2.05) is 19.1 Å². The van der Waals surface area contributed by atoms with Gasteiger partial charge in [0.2, 0.25) is 0 Å². The number of carbonyl (C=O) groups is 2. The second kappa shape index (κ2) is 4.82. The predicted molar refractivity (Wildman–Crippen MR) is 60.3 cm³/mol. The Balaban J connectivity index is 2.08. The van der Waals surface area contributed by atoms with E-state index in [9.17, 15) is 9.59 Å². The van der Waals surface area contributed by atoms with Crippen LogP contribution in [0, 0.1) is 6.92 Å². The zero-order chi connectivity index (χ0) is 12.3. The van der Waals surface area contributed by atoms with Gasteiger partial charge in [-0.3, -0.25) is 0 Å². The summed E-state index contributed by atoms with van der Waals surface area (Å²) in [6.07, 6.45) is 1.67. The lowest BCUT2D eigenvalue weighted by molar-refractivity contribution is -0.135. The SMILES string of the molecule is Cc1ccccc1C(=O)O/C=C1/CCOC1=O. The minimum atomic E-state index is -0.463. The molecule has 1 heterocycles. The molecule has 0 saturated carbocycles. The van der Waals surface area contributed by atoms with Crippen LogP contribution in [0.2, 0.25) is 0 Å². The molecule has 1 fully saturated rings. The van der Waals surface area contributed by atoms with Crippen molar-refractivity contribution in [1.82, 2.24) is 0 Å². The first-order chi connectivity index (χ1) is 8.18. The quantitative estimate of drug-likeness (QED) is 0.444. The molecular formula is C13H12O4. The van der Waals surface area contributed by atoms with E-state index in [2.05, 4.69) is 0 Å². The van der Waals surface area contributed by atoms with Gasteiger partial charge in [-0.05, 0) is 18.6 Å². The van der Waals surface area contributed by atoms with E-state index in [-0.39, 0.29) is 0 Å². The average Bonchev–Trinajstić information content (AvgIpc) is 2.72. The molecule has 0 aliphatic carbocycles. The van der Waals surface area contributed by atoms with Gasteiger partial charge in [-0.1, -0.05) is 18.2 Å². The molecule has 0 aromatic heterocycles. The summed E-state index contributed by atoms with van der Waals surface area (Å²) in [6.45, 7) is 2.18. The second-order valence-corrected chi connectivity index (χ2v) is 3.75. The van der Waals surface area contributed by atoms with E-state index in [0.29, 0.717) is 24.2 Å². The lowest BCUT2D eigenvalue weighted by Crippen LogP contribution is -2.04. The number of hydrogen-bond acceptors (Lipinski definition) is 4. The first kappa shape index (κ1) is 11.4. The van der Waals surface area contributed by atoms with E-state index in [1.54, 1.807) is 12.1 Å². The highest BCUT2D eigenvalue weighted by molar-refractivity contribution is 5.93. The van der Waals surface area contributed by atoms with Gasteiger partial charge in [-0.15, -0.1) is 0 Å². The molecule has 0 bridgehead atoms. The second-order valence-electron chi connectivity index (χ2n) is 3.75. The van der Waals surface area contributed by atoms with E-state index in [1.165, 1.54) is 6.26 Å². The van der Waals surface area contributed by atoms with Crippen molar-refractivity contribution in [2.45, 2.75) is 13.3 Å². The van der Waals surface area contributed by atoms with Gasteiger partial charge >= 0.3 is 11.9 Å². The van der Waals surface area contributed by atoms with Gasteiger partial charge in [-0.25, -0.2) is 9.59 Å². The van der Waals surface area contributed by atoms with Gasteiger partial charge in [0.15, 0.2) is 0 Å². The van der Waals surface area contributed by atoms with Crippen LogP contribution in [0.4, 0.5) is 0 Å². The summed E-state index contributed by atoms with van der Waals surface area (Å²) in [5.74, 6) is -0.877. The molecule has 4 heteroatoms. The van der Waals surface area contributed by atoms with Crippen LogP contribution >= 0.6 is 0 Å². The highest BCUT2D eigenvalue weighted by atomic mass is 16.5. The van der Waals surface area contributed by atoms with Gasteiger partial charge in [0, 0.05) is 6.42 Å². The fourth-order valence-corrected chi connectivity index (χ4v) is 1.55. The van der Waals surface area contributed by atoms with E-state index >= 15 is 0 Å². The molecule has 17 heavy (non-hydrogen) atoms. The van der Waals surface area contributed by atoms with Crippen LogP contribution in [0.3, 0.4) is 0 Å². The number of ether oxygens (including phenoxy) is 2.